The van der Waals surface area contributed by atoms with Crippen LogP contribution in [-0.2, 0) is 0 Å². The number of anilines is 1. The van der Waals surface area contributed by atoms with E-state index in [2.05, 4.69) is 15.4 Å². The van der Waals surface area contributed by atoms with Gasteiger partial charge in [0.2, 0.25) is 5.95 Å². The summed E-state index contributed by atoms with van der Waals surface area (Å²) in [5.74, 6) is 5.12. The summed E-state index contributed by atoms with van der Waals surface area (Å²) >= 11 is 0. The summed E-state index contributed by atoms with van der Waals surface area (Å²) in [5.41, 5.74) is 1.93. The van der Waals surface area contributed by atoms with Crippen LogP contribution >= 0.6 is 0 Å². The van der Waals surface area contributed by atoms with E-state index in [4.69, 9.17) is 10.6 Å². The molecule has 0 saturated carbocycles. The van der Waals surface area contributed by atoms with Crippen LogP contribution in [-0.4, -0.2) is 47.0 Å². The van der Waals surface area contributed by atoms with Crippen molar-refractivity contribution in [1.82, 2.24) is 14.9 Å². The molecule has 0 atom stereocenters. The Labute approximate surface area is 104 Å². The fraction of sp³-hybridized carbons (Fsp3) is 0.556. The molecule has 0 aliphatic carbocycles. The van der Waals surface area contributed by atoms with Crippen molar-refractivity contribution in [3.8, 4) is 5.88 Å². The van der Waals surface area contributed by atoms with Crippen LogP contribution in [0.4, 0.5) is 11.6 Å². The lowest BCUT2D eigenvalue weighted by Gasteiger charge is -2.10. The van der Waals surface area contributed by atoms with E-state index in [0.29, 0.717) is 6.61 Å². The van der Waals surface area contributed by atoms with Gasteiger partial charge < -0.3 is 9.64 Å². The lowest BCUT2D eigenvalue weighted by Crippen LogP contribution is -2.16. The van der Waals surface area contributed by atoms with Gasteiger partial charge in [-0.2, -0.15) is 4.98 Å². The molecule has 1 aromatic heterocycles. The predicted octanol–water partition coefficient (Wildman–Crippen LogP) is 0.000900. The molecule has 0 bridgehead atoms. The van der Waals surface area contributed by atoms with Gasteiger partial charge >= 0.3 is 5.69 Å². The van der Waals surface area contributed by atoms with E-state index in [1.807, 2.05) is 19.0 Å². The zero-order valence-electron chi connectivity index (χ0n) is 10.3. The van der Waals surface area contributed by atoms with Gasteiger partial charge in [-0.25, -0.2) is 10.8 Å². The average molecular weight is 256 g/mol. The van der Waals surface area contributed by atoms with E-state index in [-0.39, 0.29) is 17.5 Å². The summed E-state index contributed by atoms with van der Waals surface area (Å²) in [6.45, 7) is 1.15. The van der Waals surface area contributed by atoms with Gasteiger partial charge in [-0.05, 0) is 20.5 Å². The lowest BCUT2D eigenvalue weighted by molar-refractivity contribution is -0.386. The highest BCUT2D eigenvalue weighted by Gasteiger charge is 2.18. The van der Waals surface area contributed by atoms with Gasteiger partial charge in [-0.15, -0.1) is 0 Å². The predicted molar refractivity (Wildman–Crippen MR) is 65.2 cm³/mol. The second-order valence-electron chi connectivity index (χ2n) is 3.79. The SMILES string of the molecule is CN(C)CCCOc1nc(NN)ncc1[N+](=O)[O-]. The van der Waals surface area contributed by atoms with Gasteiger partial charge in [0.25, 0.3) is 5.88 Å². The van der Waals surface area contributed by atoms with Crippen LogP contribution in [0.15, 0.2) is 6.20 Å². The molecule has 0 unspecified atom stereocenters. The van der Waals surface area contributed by atoms with Crippen molar-refractivity contribution in [2.45, 2.75) is 6.42 Å². The molecule has 0 radical (unpaired) electrons. The van der Waals surface area contributed by atoms with Crippen LogP contribution in [0.2, 0.25) is 0 Å². The highest BCUT2D eigenvalue weighted by Crippen LogP contribution is 2.24. The number of rotatable bonds is 7. The zero-order valence-corrected chi connectivity index (χ0v) is 10.3. The summed E-state index contributed by atoms with van der Waals surface area (Å²) in [7, 11) is 3.87. The molecule has 0 aliphatic heterocycles. The molecule has 0 spiro atoms. The molecule has 9 heteroatoms. The molecular formula is C9H16N6O3. The van der Waals surface area contributed by atoms with Crippen LogP contribution in [0.5, 0.6) is 5.88 Å². The van der Waals surface area contributed by atoms with Crippen molar-refractivity contribution in [3.63, 3.8) is 0 Å². The Morgan fingerprint density at radius 1 is 1.61 bits per heavy atom. The second kappa shape index (κ2) is 6.67. The van der Waals surface area contributed by atoms with E-state index in [0.717, 1.165) is 19.2 Å². The summed E-state index contributed by atoms with van der Waals surface area (Å²) < 4.78 is 5.28. The summed E-state index contributed by atoms with van der Waals surface area (Å²) in [6, 6.07) is 0. The van der Waals surface area contributed by atoms with Crippen LogP contribution in [0.1, 0.15) is 6.42 Å². The molecule has 18 heavy (non-hydrogen) atoms. The third-order valence-corrected chi connectivity index (χ3v) is 2.05. The Morgan fingerprint density at radius 2 is 2.33 bits per heavy atom. The van der Waals surface area contributed by atoms with Crippen LogP contribution < -0.4 is 16.0 Å². The topological polar surface area (TPSA) is 119 Å². The van der Waals surface area contributed by atoms with Crippen LogP contribution in [0, 0.1) is 10.1 Å². The first-order valence-electron chi connectivity index (χ1n) is 5.30. The minimum Gasteiger partial charge on any atom is -0.473 e. The molecule has 1 heterocycles. The molecule has 0 aliphatic rings. The molecule has 0 aromatic carbocycles. The average Bonchev–Trinajstić information content (AvgIpc) is 2.33. The minimum atomic E-state index is -0.596. The molecule has 3 N–H and O–H groups in total. The molecule has 9 nitrogen and oxygen atoms in total. The minimum absolute atomic E-state index is 0.0724. The van der Waals surface area contributed by atoms with Crippen molar-refractivity contribution in [2.75, 3.05) is 32.7 Å². The van der Waals surface area contributed by atoms with Crippen molar-refractivity contribution in [1.29, 1.82) is 0 Å². The summed E-state index contributed by atoms with van der Waals surface area (Å²) in [6.07, 6.45) is 1.79. The fourth-order valence-electron chi connectivity index (χ4n) is 1.21. The van der Waals surface area contributed by atoms with E-state index in [9.17, 15) is 10.1 Å². The van der Waals surface area contributed by atoms with Crippen LogP contribution in [0.25, 0.3) is 0 Å². The number of hydrogen-bond donors (Lipinski definition) is 2. The monoisotopic (exact) mass is 256 g/mol. The Kier molecular flexibility index (Phi) is 5.21. The number of hydrogen-bond acceptors (Lipinski definition) is 8. The van der Waals surface area contributed by atoms with E-state index < -0.39 is 4.92 Å². The molecule has 0 fully saturated rings. The number of nitro groups is 1. The highest BCUT2D eigenvalue weighted by atomic mass is 16.6. The van der Waals surface area contributed by atoms with Crippen molar-refractivity contribution in [3.05, 3.63) is 16.3 Å². The lowest BCUT2D eigenvalue weighted by atomic mass is 10.4. The molecule has 1 aromatic rings. The first-order chi connectivity index (χ1) is 8.54. The quantitative estimate of drug-likeness (QED) is 0.303. The maximum Gasteiger partial charge on any atom is 0.349 e. The molecule has 1 rings (SSSR count). The zero-order chi connectivity index (χ0) is 13.5. The van der Waals surface area contributed by atoms with E-state index in [1.54, 1.807) is 0 Å². The molecule has 100 valence electrons. The first kappa shape index (κ1) is 14.1. The number of ether oxygens (including phenoxy) is 1. The summed E-state index contributed by atoms with van der Waals surface area (Å²) in [5, 5.41) is 10.7. The van der Waals surface area contributed by atoms with Gasteiger partial charge in [-0.1, -0.05) is 0 Å². The Balaban J connectivity index is 2.69. The smallest absolute Gasteiger partial charge is 0.349 e. The van der Waals surface area contributed by atoms with Crippen LogP contribution in [0.3, 0.4) is 0 Å². The fourth-order valence-corrected chi connectivity index (χ4v) is 1.21. The number of hydrazine groups is 1. The largest absolute Gasteiger partial charge is 0.473 e. The molecule has 0 saturated heterocycles. The summed E-state index contributed by atoms with van der Waals surface area (Å²) in [4.78, 5) is 19.6. The van der Waals surface area contributed by atoms with Gasteiger partial charge in [0.15, 0.2) is 0 Å². The number of nitrogens with two attached hydrogens (primary N) is 1. The highest BCUT2D eigenvalue weighted by molar-refractivity contribution is 5.42. The number of nitrogen functional groups attached to an aromatic ring is 1. The number of nitrogens with zero attached hydrogens (tertiary/aromatic N) is 4. The van der Waals surface area contributed by atoms with Gasteiger partial charge in [0.1, 0.15) is 6.20 Å². The van der Waals surface area contributed by atoms with Crippen molar-refractivity contribution < 1.29 is 9.66 Å². The maximum atomic E-state index is 10.7. The maximum absolute atomic E-state index is 10.7. The normalized spacial score (nSPS) is 10.4. The Morgan fingerprint density at radius 3 is 2.89 bits per heavy atom. The van der Waals surface area contributed by atoms with Gasteiger partial charge in [0, 0.05) is 6.54 Å². The number of aromatic nitrogens is 2. The van der Waals surface area contributed by atoms with Gasteiger partial charge in [-0.3, -0.25) is 15.5 Å². The third kappa shape index (κ3) is 4.11. The van der Waals surface area contributed by atoms with Crippen molar-refractivity contribution >= 4 is 11.6 Å². The first-order valence-corrected chi connectivity index (χ1v) is 5.30. The second-order valence-corrected chi connectivity index (χ2v) is 3.79. The third-order valence-electron chi connectivity index (χ3n) is 2.05. The number of nitrogens with one attached hydrogen (secondary N) is 1. The standard InChI is InChI=1S/C9H16N6O3/c1-14(2)4-3-5-18-8-7(15(16)17)6-11-9(12-8)13-10/h6H,3-5,10H2,1-2H3,(H,11,12,13). The molecular weight excluding hydrogens is 240 g/mol. The van der Waals surface area contributed by atoms with Gasteiger partial charge in [0.05, 0.1) is 11.5 Å². The Bertz CT molecular complexity index is 411. The molecule has 0 amide bonds. The van der Waals surface area contributed by atoms with Crippen molar-refractivity contribution in [2.24, 2.45) is 5.84 Å². The van der Waals surface area contributed by atoms with E-state index in [1.165, 1.54) is 0 Å². The van der Waals surface area contributed by atoms with E-state index >= 15 is 0 Å². The Hall–Kier alpha value is -2.00.